The van der Waals surface area contributed by atoms with Crippen LogP contribution in [0, 0.1) is 23.2 Å². The van der Waals surface area contributed by atoms with Gasteiger partial charge in [0.1, 0.15) is 17.7 Å². The van der Waals surface area contributed by atoms with Gasteiger partial charge >= 0.3 is 18.0 Å². The molecule has 3 rings (SSSR count). The summed E-state index contributed by atoms with van der Waals surface area (Å²) in [7, 11) is 0. The van der Waals surface area contributed by atoms with Gasteiger partial charge in [-0.25, -0.2) is 9.59 Å². The van der Waals surface area contributed by atoms with Gasteiger partial charge in [0.05, 0.1) is 12.5 Å². The third kappa shape index (κ3) is 3.54. The minimum absolute atomic E-state index is 0.0678. The van der Waals surface area contributed by atoms with E-state index in [2.05, 4.69) is 10.6 Å². The first kappa shape index (κ1) is 20.4. The first-order valence-corrected chi connectivity index (χ1v) is 9.64. The Hall–Kier alpha value is -2.32. The minimum Gasteiger partial charge on any atom is -0.479 e. The van der Waals surface area contributed by atoms with E-state index in [0.717, 1.165) is 12.8 Å². The molecule has 0 saturated heterocycles. The molecule has 3 fully saturated rings. The van der Waals surface area contributed by atoms with Crippen molar-refractivity contribution < 1.29 is 33.8 Å². The highest BCUT2D eigenvalue weighted by Crippen LogP contribution is 2.78. The lowest BCUT2D eigenvalue weighted by Gasteiger charge is -2.30. The normalized spacial score (nSPS) is 31.5. The second-order valence-electron chi connectivity index (χ2n) is 9.05. The van der Waals surface area contributed by atoms with E-state index in [1.165, 1.54) is 0 Å². The van der Waals surface area contributed by atoms with Crippen LogP contribution in [0.25, 0.3) is 0 Å². The molecule has 0 bridgehead atoms. The summed E-state index contributed by atoms with van der Waals surface area (Å²) in [4.78, 5) is 48.6. The first-order valence-electron chi connectivity index (χ1n) is 9.64. The number of hydrogen-bond acceptors (Lipinski definition) is 6. The van der Waals surface area contributed by atoms with E-state index < -0.39 is 53.5 Å². The van der Waals surface area contributed by atoms with Crippen LogP contribution in [-0.4, -0.2) is 53.3 Å². The molecule has 0 unspecified atom stereocenters. The third-order valence-corrected chi connectivity index (χ3v) is 5.91. The number of amides is 2. The van der Waals surface area contributed by atoms with Gasteiger partial charge in [-0.05, 0) is 58.3 Å². The maximum Gasteiger partial charge on any atom is 0.408 e. The summed E-state index contributed by atoms with van der Waals surface area (Å²) >= 11 is 0. The number of carbonyl (C=O) groups is 4. The van der Waals surface area contributed by atoms with Gasteiger partial charge in [-0.15, -0.1) is 0 Å². The van der Waals surface area contributed by atoms with E-state index in [0.29, 0.717) is 6.42 Å². The third-order valence-electron chi connectivity index (χ3n) is 5.91. The largest absolute Gasteiger partial charge is 0.479 e. The van der Waals surface area contributed by atoms with Gasteiger partial charge in [-0.1, -0.05) is 0 Å². The summed E-state index contributed by atoms with van der Waals surface area (Å²) in [6.45, 7) is 6.62. The summed E-state index contributed by atoms with van der Waals surface area (Å²) < 4.78 is 10.2. The molecule has 156 valence electrons. The standard InChI is InChI=1S/C19H28N2O7/c1-5-27-14(23)11-12-13(11)19(15(24)25,9-18(12)6-7-18)21-10(22)8-20-16(26)28-17(2,3)4/h11-13H,5-9H2,1-4H3,(H,20,26)(H,21,22)(H,24,25)/t11-,12-,13+,19-/m0/s1. The Labute approximate surface area is 163 Å². The van der Waals surface area contributed by atoms with E-state index in [1.807, 2.05) is 0 Å². The fourth-order valence-corrected chi connectivity index (χ4v) is 4.84. The van der Waals surface area contributed by atoms with Gasteiger partial charge < -0.3 is 25.2 Å². The number of nitrogens with one attached hydrogen (secondary N) is 2. The molecule has 0 radical (unpaired) electrons. The molecule has 2 amide bonds. The van der Waals surface area contributed by atoms with Crippen molar-refractivity contribution in [1.29, 1.82) is 0 Å². The summed E-state index contributed by atoms with van der Waals surface area (Å²) in [6.07, 6.45) is 1.25. The molecule has 28 heavy (non-hydrogen) atoms. The van der Waals surface area contributed by atoms with Gasteiger partial charge in [0.25, 0.3) is 0 Å². The second-order valence-corrected chi connectivity index (χ2v) is 9.05. The number of carbonyl (C=O) groups excluding carboxylic acids is 3. The zero-order chi connectivity index (χ0) is 20.9. The molecule has 9 nitrogen and oxygen atoms in total. The zero-order valence-corrected chi connectivity index (χ0v) is 16.7. The zero-order valence-electron chi connectivity index (χ0n) is 16.7. The average molecular weight is 396 g/mol. The fraction of sp³-hybridized carbons (Fsp3) is 0.789. The second kappa shape index (κ2) is 6.63. The van der Waals surface area contributed by atoms with Crippen molar-refractivity contribution in [2.45, 2.75) is 58.1 Å². The monoisotopic (exact) mass is 396 g/mol. The molecule has 0 aromatic carbocycles. The number of hydrogen-bond donors (Lipinski definition) is 3. The quantitative estimate of drug-likeness (QED) is 0.572. The lowest BCUT2D eigenvalue weighted by Crippen LogP contribution is -2.58. The highest BCUT2D eigenvalue weighted by atomic mass is 16.6. The molecule has 0 heterocycles. The highest BCUT2D eigenvalue weighted by molar-refractivity contribution is 5.92. The molecule has 1 spiro atoms. The lowest BCUT2D eigenvalue weighted by atomic mass is 9.85. The van der Waals surface area contributed by atoms with Crippen LogP contribution < -0.4 is 10.6 Å². The van der Waals surface area contributed by atoms with Crippen molar-refractivity contribution in [3.05, 3.63) is 0 Å². The van der Waals surface area contributed by atoms with Gasteiger partial charge in [0.15, 0.2) is 0 Å². The van der Waals surface area contributed by atoms with Gasteiger partial charge in [0, 0.05) is 5.92 Å². The van der Waals surface area contributed by atoms with Gasteiger partial charge in [-0.3, -0.25) is 9.59 Å². The Balaban J connectivity index is 1.68. The lowest BCUT2D eigenvalue weighted by molar-refractivity contribution is -0.151. The Morgan fingerprint density at radius 1 is 1.14 bits per heavy atom. The van der Waals surface area contributed by atoms with Crippen molar-refractivity contribution in [2.75, 3.05) is 13.2 Å². The van der Waals surface area contributed by atoms with Crippen molar-refractivity contribution in [3.63, 3.8) is 0 Å². The highest BCUT2D eigenvalue weighted by Gasteiger charge is 2.82. The predicted octanol–water partition coefficient (Wildman–Crippen LogP) is 1.06. The van der Waals surface area contributed by atoms with Crippen LogP contribution in [-0.2, 0) is 23.9 Å². The van der Waals surface area contributed by atoms with Crippen LogP contribution in [0.4, 0.5) is 4.79 Å². The van der Waals surface area contributed by atoms with E-state index in [4.69, 9.17) is 9.47 Å². The topological polar surface area (TPSA) is 131 Å². The molecule has 4 atom stereocenters. The number of esters is 1. The molecule has 3 saturated carbocycles. The Bertz CT molecular complexity index is 710. The van der Waals surface area contributed by atoms with Crippen LogP contribution in [0.1, 0.15) is 47.0 Å². The van der Waals surface area contributed by atoms with E-state index >= 15 is 0 Å². The molecule has 9 heteroatoms. The van der Waals surface area contributed by atoms with Crippen LogP contribution in [0.5, 0.6) is 0 Å². The van der Waals surface area contributed by atoms with Crippen LogP contribution in [0.2, 0.25) is 0 Å². The smallest absolute Gasteiger partial charge is 0.408 e. The van der Waals surface area contributed by atoms with Crippen molar-refractivity contribution in [1.82, 2.24) is 10.6 Å². The molecule has 0 aromatic rings. The van der Waals surface area contributed by atoms with E-state index in [-0.39, 0.29) is 17.9 Å². The van der Waals surface area contributed by atoms with Crippen molar-refractivity contribution >= 4 is 23.9 Å². The number of fused-ring (bicyclic) bond motifs is 2. The molecule has 3 N–H and O–H groups in total. The van der Waals surface area contributed by atoms with Gasteiger partial charge in [-0.2, -0.15) is 0 Å². The molecular weight excluding hydrogens is 368 g/mol. The van der Waals surface area contributed by atoms with Crippen LogP contribution in [0.3, 0.4) is 0 Å². The maximum atomic E-state index is 12.4. The molecule has 3 aliphatic carbocycles. The van der Waals surface area contributed by atoms with E-state index in [1.54, 1.807) is 27.7 Å². The van der Waals surface area contributed by atoms with E-state index in [9.17, 15) is 24.3 Å². The summed E-state index contributed by atoms with van der Waals surface area (Å²) in [6, 6.07) is 0. The number of aliphatic carboxylic acids is 1. The number of carboxylic acids is 1. The molecule has 3 aliphatic rings. The summed E-state index contributed by atoms with van der Waals surface area (Å²) in [5.74, 6) is -3.21. The number of alkyl carbamates (subject to hydrolysis) is 1. The number of ether oxygens (including phenoxy) is 2. The summed E-state index contributed by atoms with van der Waals surface area (Å²) in [5, 5.41) is 14.9. The van der Waals surface area contributed by atoms with Crippen molar-refractivity contribution in [2.24, 2.45) is 23.2 Å². The van der Waals surface area contributed by atoms with Gasteiger partial charge in [0.2, 0.25) is 5.91 Å². The SMILES string of the molecule is CCOC(=O)[C@H]1[C@H]2[C@@H]1[C@](NC(=O)CNC(=O)OC(C)(C)C)(C(=O)O)CC21CC1. The maximum absolute atomic E-state index is 12.4. The predicted molar refractivity (Wildman–Crippen MR) is 96.1 cm³/mol. The Morgan fingerprint density at radius 2 is 1.79 bits per heavy atom. The number of carboxylic acid groups (broad SMARTS) is 1. The number of rotatable bonds is 6. The average Bonchev–Trinajstić information content (AvgIpc) is 3.43. The van der Waals surface area contributed by atoms with Crippen LogP contribution in [0.15, 0.2) is 0 Å². The first-order chi connectivity index (χ1) is 13.0. The summed E-state index contributed by atoms with van der Waals surface area (Å²) in [5.41, 5.74) is -2.42. The fourth-order valence-electron chi connectivity index (χ4n) is 4.84. The Kier molecular flexibility index (Phi) is 4.84. The Morgan fingerprint density at radius 3 is 2.29 bits per heavy atom. The minimum atomic E-state index is -1.51. The molecule has 0 aromatic heterocycles. The van der Waals surface area contributed by atoms with Crippen LogP contribution >= 0.6 is 0 Å². The van der Waals surface area contributed by atoms with Crippen molar-refractivity contribution in [3.8, 4) is 0 Å². The molecule has 0 aliphatic heterocycles. The molecular formula is C19H28N2O7.